The normalized spacial score (nSPS) is 12.7. The molecule has 0 amide bonds. The summed E-state index contributed by atoms with van der Waals surface area (Å²) in [7, 11) is 0. The fraction of sp³-hybridized carbons (Fsp3) is 0.917. The predicted octanol–water partition coefficient (Wildman–Crippen LogP) is 2.99. The van der Waals surface area contributed by atoms with Crippen LogP contribution in [-0.4, -0.2) is 19.4 Å². The summed E-state index contributed by atoms with van der Waals surface area (Å²) in [4.78, 5) is 11.5. The van der Waals surface area contributed by atoms with Crippen LogP contribution in [0.5, 0.6) is 0 Å². The highest BCUT2D eigenvalue weighted by atomic mass is 16.7. The van der Waals surface area contributed by atoms with Crippen LogP contribution >= 0.6 is 0 Å². The lowest BCUT2D eigenvalue weighted by molar-refractivity contribution is -0.168. The summed E-state index contributed by atoms with van der Waals surface area (Å²) >= 11 is 0. The van der Waals surface area contributed by atoms with Crippen LogP contribution in [0, 0.1) is 10.8 Å². The molecule has 0 aromatic carbocycles. The van der Waals surface area contributed by atoms with Gasteiger partial charge in [0.1, 0.15) is 0 Å². The van der Waals surface area contributed by atoms with Crippen LogP contribution in [0.4, 0.5) is 0 Å². The lowest BCUT2D eigenvalue weighted by Crippen LogP contribution is -2.27. The monoisotopic (exact) mass is 216 g/mol. The van der Waals surface area contributed by atoms with E-state index in [1.165, 1.54) is 0 Å². The van der Waals surface area contributed by atoms with Crippen molar-refractivity contribution < 1.29 is 14.3 Å². The summed E-state index contributed by atoms with van der Waals surface area (Å²) in [6.45, 7) is 12.6. The van der Waals surface area contributed by atoms with E-state index in [0.29, 0.717) is 6.61 Å². The lowest BCUT2D eigenvalue weighted by Gasteiger charge is -2.22. The van der Waals surface area contributed by atoms with Crippen LogP contribution in [0.1, 0.15) is 48.0 Å². The van der Waals surface area contributed by atoms with Crippen molar-refractivity contribution in [2.45, 2.75) is 48.0 Å². The van der Waals surface area contributed by atoms with Gasteiger partial charge in [-0.1, -0.05) is 27.7 Å². The Hall–Kier alpha value is -0.570. The third kappa shape index (κ3) is 6.50. The van der Waals surface area contributed by atoms with E-state index in [9.17, 15) is 4.79 Å². The lowest BCUT2D eigenvalue weighted by atomic mass is 9.91. The molecule has 0 aliphatic rings. The first-order chi connectivity index (χ1) is 6.69. The summed E-state index contributed by atoms with van der Waals surface area (Å²) in [6, 6.07) is 0. The number of carbonyl (C=O) groups is 1. The SMILES string of the molecule is CCC(C)(C)C(=O)OCOCC(C)(C)C. The molecule has 0 N–H and O–H groups in total. The van der Waals surface area contributed by atoms with Crippen molar-refractivity contribution in [3.05, 3.63) is 0 Å². The molecule has 0 aliphatic carbocycles. The Morgan fingerprint density at radius 2 is 1.67 bits per heavy atom. The molecule has 0 saturated carbocycles. The van der Waals surface area contributed by atoms with Crippen molar-refractivity contribution in [2.24, 2.45) is 10.8 Å². The quantitative estimate of drug-likeness (QED) is 0.402. The third-order valence-electron chi connectivity index (χ3n) is 2.24. The Morgan fingerprint density at radius 3 is 2.07 bits per heavy atom. The second-order valence-electron chi connectivity index (χ2n) is 5.70. The van der Waals surface area contributed by atoms with Crippen LogP contribution in [0.2, 0.25) is 0 Å². The molecule has 0 atom stereocenters. The van der Waals surface area contributed by atoms with Gasteiger partial charge in [0.05, 0.1) is 12.0 Å². The van der Waals surface area contributed by atoms with Gasteiger partial charge in [0, 0.05) is 0 Å². The highest BCUT2D eigenvalue weighted by Crippen LogP contribution is 2.21. The Bertz CT molecular complexity index is 201. The van der Waals surface area contributed by atoms with Gasteiger partial charge in [0.2, 0.25) is 0 Å². The van der Waals surface area contributed by atoms with Crippen LogP contribution in [0.15, 0.2) is 0 Å². The number of hydrogen-bond donors (Lipinski definition) is 0. The van der Waals surface area contributed by atoms with E-state index in [1.807, 2.05) is 20.8 Å². The van der Waals surface area contributed by atoms with E-state index in [0.717, 1.165) is 6.42 Å². The molecule has 0 rings (SSSR count). The van der Waals surface area contributed by atoms with E-state index < -0.39 is 5.41 Å². The molecule has 3 nitrogen and oxygen atoms in total. The highest BCUT2D eigenvalue weighted by Gasteiger charge is 2.27. The van der Waals surface area contributed by atoms with Crippen molar-refractivity contribution in [3.8, 4) is 0 Å². The van der Waals surface area contributed by atoms with Crippen molar-refractivity contribution in [2.75, 3.05) is 13.4 Å². The Kier molecular flexibility index (Phi) is 5.29. The molecule has 0 radical (unpaired) electrons. The molecule has 90 valence electrons. The minimum absolute atomic E-state index is 0.0551. The number of hydrogen-bond acceptors (Lipinski definition) is 3. The largest absolute Gasteiger partial charge is 0.438 e. The van der Waals surface area contributed by atoms with Gasteiger partial charge in [-0.2, -0.15) is 0 Å². The number of esters is 1. The van der Waals surface area contributed by atoms with Gasteiger partial charge in [-0.3, -0.25) is 4.79 Å². The van der Waals surface area contributed by atoms with Crippen LogP contribution in [0.3, 0.4) is 0 Å². The second-order valence-corrected chi connectivity index (χ2v) is 5.70. The Morgan fingerprint density at radius 1 is 1.13 bits per heavy atom. The first-order valence-electron chi connectivity index (χ1n) is 5.44. The molecule has 0 aromatic heterocycles. The maximum atomic E-state index is 11.5. The van der Waals surface area contributed by atoms with Gasteiger partial charge in [0.15, 0.2) is 6.79 Å². The highest BCUT2D eigenvalue weighted by molar-refractivity contribution is 5.75. The van der Waals surface area contributed by atoms with Gasteiger partial charge in [0.25, 0.3) is 0 Å². The summed E-state index contributed by atoms with van der Waals surface area (Å²) in [5.41, 5.74) is -0.308. The fourth-order valence-electron chi connectivity index (χ4n) is 0.783. The first-order valence-corrected chi connectivity index (χ1v) is 5.44. The molecule has 0 bridgehead atoms. The van der Waals surface area contributed by atoms with Gasteiger partial charge >= 0.3 is 5.97 Å². The second kappa shape index (κ2) is 5.50. The molecule has 3 heteroatoms. The van der Waals surface area contributed by atoms with Crippen LogP contribution in [0.25, 0.3) is 0 Å². The van der Waals surface area contributed by atoms with E-state index >= 15 is 0 Å². The van der Waals surface area contributed by atoms with Crippen LogP contribution < -0.4 is 0 Å². The van der Waals surface area contributed by atoms with E-state index in [-0.39, 0.29) is 18.2 Å². The van der Waals surface area contributed by atoms with E-state index in [1.54, 1.807) is 0 Å². The van der Waals surface area contributed by atoms with E-state index in [2.05, 4.69) is 20.8 Å². The zero-order valence-corrected chi connectivity index (χ0v) is 10.8. The molecule has 0 unspecified atom stereocenters. The third-order valence-corrected chi connectivity index (χ3v) is 2.24. The molecule has 0 heterocycles. The Labute approximate surface area is 93.1 Å². The summed E-state index contributed by atoms with van der Waals surface area (Å²) in [5.74, 6) is -0.195. The molecule has 15 heavy (non-hydrogen) atoms. The molecule has 0 spiro atoms. The van der Waals surface area contributed by atoms with Gasteiger partial charge in [-0.05, 0) is 25.7 Å². The maximum absolute atomic E-state index is 11.5. The van der Waals surface area contributed by atoms with Gasteiger partial charge < -0.3 is 9.47 Å². The molecule has 0 fully saturated rings. The van der Waals surface area contributed by atoms with Gasteiger partial charge in [-0.25, -0.2) is 0 Å². The molecular formula is C12H24O3. The molecule has 0 aromatic rings. The van der Waals surface area contributed by atoms with Crippen LogP contribution in [-0.2, 0) is 14.3 Å². The van der Waals surface area contributed by atoms with Crippen molar-refractivity contribution in [3.63, 3.8) is 0 Å². The zero-order valence-electron chi connectivity index (χ0n) is 10.8. The topological polar surface area (TPSA) is 35.5 Å². The molecule has 0 saturated heterocycles. The van der Waals surface area contributed by atoms with Crippen molar-refractivity contribution in [1.82, 2.24) is 0 Å². The fourth-order valence-corrected chi connectivity index (χ4v) is 0.783. The Balaban J connectivity index is 3.74. The average Bonchev–Trinajstić information content (AvgIpc) is 2.10. The number of ether oxygens (including phenoxy) is 2. The number of carbonyl (C=O) groups excluding carboxylic acids is 1. The average molecular weight is 216 g/mol. The minimum Gasteiger partial charge on any atom is -0.438 e. The summed E-state index contributed by atoms with van der Waals surface area (Å²) in [6.07, 6.45) is 0.769. The summed E-state index contributed by atoms with van der Waals surface area (Å²) < 4.78 is 10.3. The predicted molar refractivity (Wildman–Crippen MR) is 60.4 cm³/mol. The summed E-state index contributed by atoms with van der Waals surface area (Å²) in [5, 5.41) is 0. The van der Waals surface area contributed by atoms with E-state index in [4.69, 9.17) is 9.47 Å². The number of rotatable bonds is 5. The zero-order chi connectivity index (χ0) is 12.1. The van der Waals surface area contributed by atoms with Crippen molar-refractivity contribution >= 4 is 5.97 Å². The van der Waals surface area contributed by atoms with Gasteiger partial charge in [-0.15, -0.1) is 0 Å². The maximum Gasteiger partial charge on any atom is 0.313 e. The smallest absolute Gasteiger partial charge is 0.313 e. The molecular weight excluding hydrogens is 192 g/mol. The standard InChI is InChI=1S/C12H24O3/c1-7-12(5,6)10(13)15-9-14-8-11(2,3)4/h7-9H2,1-6H3. The first kappa shape index (κ1) is 14.4. The minimum atomic E-state index is -0.412. The van der Waals surface area contributed by atoms with Crippen molar-refractivity contribution in [1.29, 1.82) is 0 Å². The molecule has 0 aliphatic heterocycles.